The summed E-state index contributed by atoms with van der Waals surface area (Å²) >= 11 is 0. The topological polar surface area (TPSA) is 66.0 Å². The molecule has 4 rings (SSSR count). The molecule has 1 saturated heterocycles. The molecule has 0 aromatic heterocycles. The van der Waals surface area contributed by atoms with Gasteiger partial charge in [-0.05, 0) is 66.1 Å². The highest BCUT2D eigenvalue weighted by molar-refractivity contribution is 5.78. The van der Waals surface area contributed by atoms with E-state index in [9.17, 15) is 5.21 Å². The maximum atomic E-state index is 9.63. The van der Waals surface area contributed by atoms with Gasteiger partial charge in [-0.25, -0.2) is 0 Å². The van der Waals surface area contributed by atoms with Crippen LogP contribution in [0.25, 0.3) is 17.2 Å². The van der Waals surface area contributed by atoms with Gasteiger partial charge >= 0.3 is 0 Å². The van der Waals surface area contributed by atoms with Gasteiger partial charge in [0.1, 0.15) is 0 Å². The summed E-state index contributed by atoms with van der Waals surface area (Å²) in [5, 5.41) is 18.1. The van der Waals surface area contributed by atoms with Gasteiger partial charge in [0.05, 0.1) is 14.2 Å². The lowest BCUT2D eigenvalue weighted by atomic mass is 9.94. The van der Waals surface area contributed by atoms with Crippen molar-refractivity contribution in [3.63, 3.8) is 0 Å². The maximum Gasteiger partial charge on any atom is 0.161 e. The van der Waals surface area contributed by atoms with Crippen molar-refractivity contribution in [2.75, 3.05) is 32.6 Å². The summed E-state index contributed by atoms with van der Waals surface area (Å²) in [4.78, 5) is 0. The Morgan fingerprint density at radius 3 is 2.57 bits per heavy atom. The number of nitrogens with zero attached hydrogens (tertiary/aromatic N) is 1. The first-order chi connectivity index (χ1) is 13.7. The van der Waals surface area contributed by atoms with E-state index in [1.807, 2.05) is 18.3 Å². The van der Waals surface area contributed by atoms with Crippen LogP contribution in [0.2, 0.25) is 0 Å². The lowest BCUT2D eigenvalue weighted by Gasteiger charge is -2.30. The Labute approximate surface area is 165 Å². The van der Waals surface area contributed by atoms with E-state index in [0.717, 1.165) is 47.7 Å². The van der Waals surface area contributed by atoms with Gasteiger partial charge in [-0.15, -0.1) is 0 Å². The van der Waals surface area contributed by atoms with Crippen LogP contribution in [0.5, 0.6) is 11.5 Å². The van der Waals surface area contributed by atoms with Crippen molar-refractivity contribution in [2.45, 2.75) is 25.4 Å². The number of benzene rings is 2. The van der Waals surface area contributed by atoms with Gasteiger partial charge in [0, 0.05) is 36.9 Å². The molecule has 0 spiro atoms. The first-order valence-electron chi connectivity index (χ1n) is 9.67. The predicted octanol–water partition coefficient (Wildman–Crippen LogP) is 3.71. The van der Waals surface area contributed by atoms with E-state index in [4.69, 9.17) is 9.47 Å². The van der Waals surface area contributed by atoms with Crippen LogP contribution in [-0.4, -0.2) is 43.6 Å². The minimum atomic E-state index is 0.360. The standard InChI is InChI=1S/C22H27N3O3/c1-27-21-4-3-15(13-22(21)28-2)17-11-16-5-8-23-14-19(16)20(12-17)24-18-6-9-25(26)10-7-18/h3-5,8,11-13,18,23-24,26H,6-7,9-10,14H2,1-2H3. The molecule has 0 unspecified atom stereocenters. The van der Waals surface area contributed by atoms with Crippen molar-refractivity contribution in [1.82, 2.24) is 10.4 Å². The second kappa shape index (κ2) is 8.12. The largest absolute Gasteiger partial charge is 0.493 e. The smallest absolute Gasteiger partial charge is 0.161 e. The average Bonchev–Trinajstić information content (AvgIpc) is 2.74. The van der Waals surface area contributed by atoms with Crippen molar-refractivity contribution >= 4 is 11.8 Å². The van der Waals surface area contributed by atoms with Crippen LogP contribution < -0.4 is 20.1 Å². The second-order valence-electron chi connectivity index (χ2n) is 7.25. The van der Waals surface area contributed by atoms with Gasteiger partial charge in [-0.2, -0.15) is 5.06 Å². The number of anilines is 1. The third-order valence-electron chi connectivity index (χ3n) is 5.49. The lowest BCUT2D eigenvalue weighted by Crippen LogP contribution is -2.37. The number of hydrogen-bond acceptors (Lipinski definition) is 6. The van der Waals surface area contributed by atoms with Gasteiger partial charge in [0.25, 0.3) is 0 Å². The quantitative estimate of drug-likeness (QED) is 0.734. The number of hydroxylamine groups is 2. The number of hydrogen-bond donors (Lipinski definition) is 3. The van der Waals surface area contributed by atoms with E-state index >= 15 is 0 Å². The van der Waals surface area contributed by atoms with Gasteiger partial charge in [-0.3, -0.25) is 0 Å². The molecular weight excluding hydrogens is 354 g/mol. The predicted molar refractivity (Wildman–Crippen MR) is 111 cm³/mol. The number of rotatable bonds is 5. The van der Waals surface area contributed by atoms with Crippen molar-refractivity contribution < 1.29 is 14.7 Å². The Morgan fingerprint density at radius 1 is 1.04 bits per heavy atom. The van der Waals surface area contributed by atoms with Crippen LogP contribution in [0.3, 0.4) is 0 Å². The van der Waals surface area contributed by atoms with E-state index in [1.165, 1.54) is 16.2 Å². The number of nitrogens with one attached hydrogen (secondary N) is 2. The summed E-state index contributed by atoms with van der Waals surface area (Å²) in [6.07, 6.45) is 5.96. The fraction of sp³-hybridized carbons (Fsp3) is 0.364. The SMILES string of the molecule is COc1ccc(-c2cc3c(c(NC4CCN(O)CC4)c2)CNC=C3)cc1OC. The van der Waals surface area contributed by atoms with E-state index < -0.39 is 0 Å². The molecular formula is C22H27N3O3. The summed E-state index contributed by atoms with van der Waals surface area (Å²) in [6.45, 7) is 2.21. The molecule has 0 atom stereocenters. The Hall–Kier alpha value is -2.70. The molecule has 0 aliphatic carbocycles. The summed E-state index contributed by atoms with van der Waals surface area (Å²) < 4.78 is 10.8. The third-order valence-corrected chi connectivity index (χ3v) is 5.49. The Balaban J connectivity index is 1.70. The minimum Gasteiger partial charge on any atom is -0.493 e. The summed E-state index contributed by atoms with van der Waals surface area (Å²) in [6, 6.07) is 10.8. The molecule has 0 radical (unpaired) electrons. The van der Waals surface area contributed by atoms with E-state index in [-0.39, 0.29) is 0 Å². The molecule has 28 heavy (non-hydrogen) atoms. The summed E-state index contributed by atoms with van der Waals surface area (Å²) in [7, 11) is 3.30. The second-order valence-corrected chi connectivity index (χ2v) is 7.25. The average molecular weight is 381 g/mol. The summed E-state index contributed by atoms with van der Waals surface area (Å²) in [5.41, 5.74) is 5.86. The first-order valence-corrected chi connectivity index (χ1v) is 9.67. The molecule has 0 amide bonds. The molecule has 0 bridgehead atoms. The Kier molecular flexibility index (Phi) is 5.41. The van der Waals surface area contributed by atoms with Crippen LogP contribution in [-0.2, 0) is 6.54 Å². The van der Waals surface area contributed by atoms with Crippen molar-refractivity contribution in [1.29, 1.82) is 0 Å². The molecule has 2 aromatic rings. The number of fused-ring (bicyclic) bond motifs is 1. The van der Waals surface area contributed by atoms with Gasteiger partial charge in [-0.1, -0.05) is 6.07 Å². The fourth-order valence-electron chi connectivity index (χ4n) is 3.89. The molecule has 2 aliphatic heterocycles. The third kappa shape index (κ3) is 3.79. The molecule has 148 valence electrons. The van der Waals surface area contributed by atoms with E-state index in [1.54, 1.807) is 14.2 Å². The van der Waals surface area contributed by atoms with Crippen LogP contribution in [0, 0.1) is 0 Å². The first kappa shape index (κ1) is 18.7. The fourth-order valence-corrected chi connectivity index (χ4v) is 3.89. The molecule has 2 heterocycles. The van der Waals surface area contributed by atoms with Gasteiger partial charge in [0.15, 0.2) is 11.5 Å². The Bertz CT molecular complexity index is 874. The molecule has 2 aliphatic rings. The van der Waals surface area contributed by atoms with Crippen LogP contribution in [0.1, 0.15) is 24.0 Å². The zero-order valence-electron chi connectivity index (χ0n) is 16.4. The van der Waals surface area contributed by atoms with Crippen molar-refractivity contribution in [2.24, 2.45) is 0 Å². The zero-order chi connectivity index (χ0) is 19.5. The highest BCUT2D eigenvalue weighted by Gasteiger charge is 2.20. The van der Waals surface area contributed by atoms with Crippen molar-refractivity contribution in [3.05, 3.63) is 47.7 Å². The molecule has 0 saturated carbocycles. The molecule has 6 nitrogen and oxygen atoms in total. The van der Waals surface area contributed by atoms with Gasteiger partial charge < -0.3 is 25.3 Å². The normalized spacial score (nSPS) is 17.0. The summed E-state index contributed by atoms with van der Waals surface area (Å²) in [5.74, 6) is 1.45. The minimum absolute atomic E-state index is 0.360. The maximum absolute atomic E-state index is 9.63. The van der Waals surface area contributed by atoms with E-state index in [0.29, 0.717) is 19.1 Å². The van der Waals surface area contributed by atoms with Crippen LogP contribution >= 0.6 is 0 Å². The molecule has 2 aromatic carbocycles. The van der Waals surface area contributed by atoms with Crippen LogP contribution in [0.15, 0.2) is 36.5 Å². The lowest BCUT2D eigenvalue weighted by molar-refractivity contribution is -0.105. The van der Waals surface area contributed by atoms with E-state index in [2.05, 4.69) is 34.9 Å². The van der Waals surface area contributed by atoms with Crippen molar-refractivity contribution in [3.8, 4) is 22.6 Å². The zero-order valence-corrected chi connectivity index (χ0v) is 16.4. The van der Waals surface area contributed by atoms with Crippen LogP contribution in [0.4, 0.5) is 5.69 Å². The highest BCUT2D eigenvalue weighted by atomic mass is 16.5. The molecule has 3 N–H and O–H groups in total. The Morgan fingerprint density at radius 2 is 1.82 bits per heavy atom. The number of methoxy groups -OCH3 is 2. The number of piperidine rings is 1. The monoisotopic (exact) mass is 381 g/mol. The molecule has 1 fully saturated rings. The molecule has 6 heteroatoms. The highest BCUT2D eigenvalue weighted by Crippen LogP contribution is 2.36. The van der Waals surface area contributed by atoms with Gasteiger partial charge in [0.2, 0.25) is 0 Å². The number of ether oxygens (including phenoxy) is 2.